The molecule has 0 aliphatic carbocycles. The Balaban J connectivity index is 1.47. The molecule has 0 saturated carbocycles. The van der Waals surface area contributed by atoms with Crippen LogP contribution in [0.15, 0.2) is 54.7 Å². The first-order valence-electron chi connectivity index (χ1n) is 9.06. The molecule has 1 amide bonds. The van der Waals surface area contributed by atoms with E-state index in [4.69, 9.17) is 4.74 Å². The molecule has 26 heavy (non-hydrogen) atoms. The first-order chi connectivity index (χ1) is 12.7. The normalized spacial score (nSPS) is 15.3. The summed E-state index contributed by atoms with van der Waals surface area (Å²) in [5.74, 6) is 0.913. The number of pyridine rings is 1. The molecular weight excluding hydrogens is 326 g/mol. The first-order valence-corrected chi connectivity index (χ1v) is 9.06. The molecule has 0 spiro atoms. The summed E-state index contributed by atoms with van der Waals surface area (Å²) in [7, 11) is 0. The molecule has 1 aliphatic heterocycles. The van der Waals surface area contributed by atoms with Crippen LogP contribution in [0.3, 0.4) is 0 Å². The standard InChI is InChI=1S/C21H25N3O2/c1-2-26-20-9-6-18(7-10-20)8-11-21(25)24-15-13-23(14-16-24)17-19-5-3-4-12-22-19/h3-12H,2,13-17H2,1H3/b11-8+. The summed E-state index contributed by atoms with van der Waals surface area (Å²) in [5.41, 5.74) is 2.07. The van der Waals surface area contributed by atoms with Gasteiger partial charge in [-0.25, -0.2) is 0 Å². The molecule has 5 nitrogen and oxygen atoms in total. The molecule has 0 radical (unpaired) electrons. The summed E-state index contributed by atoms with van der Waals surface area (Å²) >= 11 is 0. The Morgan fingerprint density at radius 3 is 2.54 bits per heavy atom. The summed E-state index contributed by atoms with van der Waals surface area (Å²) in [6, 6.07) is 13.7. The van der Waals surface area contributed by atoms with Gasteiger partial charge >= 0.3 is 0 Å². The number of carbonyl (C=O) groups excluding carboxylic acids is 1. The van der Waals surface area contributed by atoms with Crippen molar-refractivity contribution in [3.63, 3.8) is 0 Å². The second-order valence-corrected chi connectivity index (χ2v) is 6.26. The second kappa shape index (κ2) is 9.15. The molecule has 5 heteroatoms. The van der Waals surface area contributed by atoms with Gasteiger partial charge in [0.2, 0.25) is 5.91 Å². The van der Waals surface area contributed by atoms with E-state index in [-0.39, 0.29) is 5.91 Å². The van der Waals surface area contributed by atoms with Crippen LogP contribution in [0.5, 0.6) is 5.75 Å². The Kier molecular flexibility index (Phi) is 6.39. The SMILES string of the molecule is CCOc1ccc(/C=C/C(=O)N2CCN(Cc3ccccn3)CC2)cc1. The molecule has 1 saturated heterocycles. The van der Waals surface area contributed by atoms with Crippen LogP contribution in [0.2, 0.25) is 0 Å². The van der Waals surface area contributed by atoms with Gasteiger partial charge in [0, 0.05) is 45.0 Å². The van der Waals surface area contributed by atoms with Crippen LogP contribution in [-0.2, 0) is 11.3 Å². The van der Waals surface area contributed by atoms with Crippen molar-refractivity contribution in [1.82, 2.24) is 14.8 Å². The van der Waals surface area contributed by atoms with Crippen LogP contribution in [0.4, 0.5) is 0 Å². The molecule has 1 aromatic carbocycles. The topological polar surface area (TPSA) is 45.7 Å². The van der Waals surface area contributed by atoms with Gasteiger partial charge in [-0.15, -0.1) is 0 Å². The molecule has 0 unspecified atom stereocenters. The van der Waals surface area contributed by atoms with Crippen molar-refractivity contribution < 1.29 is 9.53 Å². The summed E-state index contributed by atoms with van der Waals surface area (Å²) in [4.78, 5) is 21.0. The summed E-state index contributed by atoms with van der Waals surface area (Å²) < 4.78 is 5.43. The highest BCUT2D eigenvalue weighted by Crippen LogP contribution is 2.13. The number of carbonyl (C=O) groups is 1. The molecular formula is C21H25N3O2. The van der Waals surface area contributed by atoms with Crippen LogP contribution in [-0.4, -0.2) is 53.5 Å². The number of hydrogen-bond acceptors (Lipinski definition) is 4. The maximum Gasteiger partial charge on any atom is 0.246 e. The van der Waals surface area contributed by atoms with E-state index in [2.05, 4.69) is 9.88 Å². The van der Waals surface area contributed by atoms with Crippen molar-refractivity contribution in [2.45, 2.75) is 13.5 Å². The van der Waals surface area contributed by atoms with Crippen LogP contribution in [0.25, 0.3) is 6.08 Å². The zero-order valence-corrected chi connectivity index (χ0v) is 15.2. The fourth-order valence-corrected chi connectivity index (χ4v) is 2.96. The van der Waals surface area contributed by atoms with E-state index < -0.39 is 0 Å². The minimum Gasteiger partial charge on any atom is -0.494 e. The van der Waals surface area contributed by atoms with E-state index in [9.17, 15) is 4.79 Å². The number of amides is 1. The lowest BCUT2D eigenvalue weighted by Gasteiger charge is -2.34. The second-order valence-electron chi connectivity index (χ2n) is 6.26. The Morgan fingerprint density at radius 2 is 1.88 bits per heavy atom. The zero-order chi connectivity index (χ0) is 18.2. The summed E-state index contributed by atoms with van der Waals surface area (Å²) in [5, 5.41) is 0. The fourth-order valence-electron chi connectivity index (χ4n) is 2.96. The quantitative estimate of drug-likeness (QED) is 0.751. The minimum absolute atomic E-state index is 0.0661. The number of rotatable bonds is 6. The monoisotopic (exact) mass is 351 g/mol. The largest absolute Gasteiger partial charge is 0.494 e. The third-order valence-corrected chi connectivity index (χ3v) is 4.41. The van der Waals surface area contributed by atoms with Crippen molar-refractivity contribution in [2.75, 3.05) is 32.8 Å². The van der Waals surface area contributed by atoms with Crippen molar-refractivity contribution >= 4 is 12.0 Å². The van der Waals surface area contributed by atoms with Crippen LogP contribution < -0.4 is 4.74 Å². The lowest BCUT2D eigenvalue weighted by molar-refractivity contribution is -0.127. The van der Waals surface area contributed by atoms with Crippen molar-refractivity contribution in [3.8, 4) is 5.75 Å². The number of hydrogen-bond donors (Lipinski definition) is 0. The number of piperazine rings is 1. The Labute approximate surface area is 154 Å². The highest BCUT2D eigenvalue weighted by Gasteiger charge is 2.19. The molecule has 136 valence electrons. The van der Waals surface area contributed by atoms with Gasteiger partial charge in [0.15, 0.2) is 0 Å². The number of ether oxygens (including phenoxy) is 1. The summed E-state index contributed by atoms with van der Waals surface area (Å²) in [6.07, 6.45) is 5.34. The Bertz CT molecular complexity index is 721. The van der Waals surface area contributed by atoms with Gasteiger partial charge < -0.3 is 9.64 Å². The average molecular weight is 351 g/mol. The maximum atomic E-state index is 12.4. The third-order valence-electron chi connectivity index (χ3n) is 4.41. The Hall–Kier alpha value is -2.66. The highest BCUT2D eigenvalue weighted by atomic mass is 16.5. The van der Waals surface area contributed by atoms with E-state index in [1.165, 1.54) is 0 Å². The van der Waals surface area contributed by atoms with E-state index in [1.54, 1.807) is 6.08 Å². The zero-order valence-electron chi connectivity index (χ0n) is 15.2. The van der Waals surface area contributed by atoms with Gasteiger partial charge in [0.1, 0.15) is 5.75 Å². The number of aromatic nitrogens is 1. The van der Waals surface area contributed by atoms with Gasteiger partial charge in [0.25, 0.3) is 0 Å². The van der Waals surface area contributed by atoms with Crippen molar-refractivity contribution in [2.24, 2.45) is 0 Å². The van der Waals surface area contributed by atoms with Gasteiger partial charge in [0.05, 0.1) is 12.3 Å². The maximum absolute atomic E-state index is 12.4. The minimum atomic E-state index is 0.0661. The van der Waals surface area contributed by atoms with Crippen molar-refractivity contribution in [1.29, 1.82) is 0 Å². The van der Waals surface area contributed by atoms with Gasteiger partial charge in [-0.2, -0.15) is 0 Å². The Morgan fingerprint density at radius 1 is 1.12 bits per heavy atom. The molecule has 1 fully saturated rings. The van der Waals surface area contributed by atoms with E-state index in [0.717, 1.165) is 49.7 Å². The van der Waals surface area contributed by atoms with E-state index in [1.807, 2.05) is 66.6 Å². The van der Waals surface area contributed by atoms with E-state index in [0.29, 0.717) is 6.61 Å². The lowest BCUT2D eigenvalue weighted by atomic mass is 10.2. The van der Waals surface area contributed by atoms with Crippen molar-refractivity contribution in [3.05, 3.63) is 66.0 Å². The van der Waals surface area contributed by atoms with Crippen LogP contribution in [0, 0.1) is 0 Å². The smallest absolute Gasteiger partial charge is 0.246 e. The molecule has 2 aromatic rings. The number of nitrogens with zero attached hydrogens (tertiary/aromatic N) is 3. The van der Waals surface area contributed by atoms with Gasteiger partial charge in [-0.1, -0.05) is 18.2 Å². The average Bonchev–Trinajstić information content (AvgIpc) is 2.69. The lowest BCUT2D eigenvalue weighted by Crippen LogP contribution is -2.47. The third kappa shape index (κ3) is 5.17. The first kappa shape index (κ1) is 18.1. The molecule has 0 N–H and O–H groups in total. The predicted octanol–water partition coefficient (Wildman–Crippen LogP) is 2.84. The molecule has 0 atom stereocenters. The van der Waals surface area contributed by atoms with Gasteiger partial charge in [-0.3, -0.25) is 14.7 Å². The molecule has 3 rings (SSSR count). The predicted molar refractivity (Wildman–Crippen MR) is 103 cm³/mol. The van der Waals surface area contributed by atoms with Crippen LogP contribution in [0.1, 0.15) is 18.2 Å². The molecule has 1 aliphatic rings. The molecule has 2 heterocycles. The summed E-state index contributed by atoms with van der Waals surface area (Å²) in [6.45, 7) is 6.70. The highest BCUT2D eigenvalue weighted by molar-refractivity contribution is 5.91. The van der Waals surface area contributed by atoms with Gasteiger partial charge in [-0.05, 0) is 42.8 Å². The molecule has 1 aromatic heterocycles. The van der Waals surface area contributed by atoms with E-state index >= 15 is 0 Å². The fraction of sp³-hybridized carbons (Fsp3) is 0.333. The molecule has 0 bridgehead atoms. The van der Waals surface area contributed by atoms with Crippen LogP contribution >= 0.6 is 0 Å². The number of benzene rings is 1.